The molecule has 8 heteroatoms. The minimum atomic E-state index is -3.62. The lowest BCUT2D eigenvalue weighted by molar-refractivity contribution is -0.142. The van der Waals surface area contributed by atoms with Gasteiger partial charge in [0.2, 0.25) is 10.0 Å². The third kappa shape index (κ3) is 5.93. The van der Waals surface area contributed by atoms with Crippen LogP contribution in [-0.4, -0.2) is 40.4 Å². The molecule has 0 unspecified atom stereocenters. The normalized spacial score (nSPS) is 11.0. The maximum absolute atomic E-state index is 12.0. The summed E-state index contributed by atoms with van der Waals surface area (Å²) in [7, 11) is -3.62. The molecule has 2 aromatic carbocycles. The molecule has 0 radical (unpaired) electrons. The van der Waals surface area contributed by atoms with Crippen molar-refractivity contribution in [2.24, 2.45) is 0 Å². The van der Waals surface area contributed by atoms with Crippen molar-refractivity contribution >= 4 is 33.3 Å². The highest BCUT2D eigenvalue weighted by Crippen LogP contribution is 2.21. The van der Waals surface area contributed by atoms with Crippen molar-refractivity contribution in [2.45, 2.75) is 6.92 Å². The van der Waals surface area contributed by atoms with Crippen LogP contribution < -0.4 is 9.04 Å². The third-order valence-corrected chi connectivity index (χ3v) is 4.86. The molecule has 0 spiro atoms. The van der Waals surface area contributed by atoms with Gasteiger partial charge in [-0.05, 0) is 42.8 Å². The molecule has 6 nitrogen and oxygen atoms in total. The van der Waals surface area contributed by atoms with E-state index < -0.39 is 22.5 Å². The topological polar surface area (TPSA) is 72.9 Å². The predicted molar refractivity (Wildman–Crippen MR) is 101 cm³/mol. The molecule has 2 rings (SSSR count). The Hall–Kier alpha value is -2.25. The molecule has 0 amide bonds. The maximum Gasteiger partial charge on any atom is 0.326 e. The number of aryl methyl sites for hydroxylation is 1. The van der Waals surface area contributed by atoms with E-state index in [-0.39, 0.29) is 13.2 Å². The first kappa shape index (κ1) is 20.1. The summed E-state index contributed by atoms with van der Waals surface area (Å²) < 4.78 is 35.6. The molecule has 0 saturated carbocycles. The van der Waals surface area contributed by atoms with Gasteiger partial charge in [0.15, 0.2) is 0 Å². The molecule has 0 N–H and O–H groups in total. The lowest BCUT2D eigenvalue weighted by Gasteiger charge is -2.23. The lowest BCUT2D eigenvalue weighted by Crippen LogP contribution is -2.36. The van der Waals surface area contributed by atoms with Crippen LogP contribution in [0.3, 0.4) is 0 Å². The van der Waals surface area contributed by atoms with E-state index in [4.69, 9.17) is 21.1 Å². The van der Waals surface area contributed by atoms with Gasteiger partial charge in [-0.1, -0.05) is 29.8 Å². The van der Waals surface area contributed by atoms with Gasteiger partial charge in [-0.25, -0.2) is 8.42 Å². The number of anilines is 1. The summed E-state index contributed by atoms with van der Waals surface area (Å²) in [5.41, 5.74) is 1.20. The molecule has 0 aliphatic carbocycles. The first-order valence-electron chi connectivity index (χ1n) is 7.84. The number of para-hydroxylation sites is 1. The Morgan fingerprint density at radius 2 is 1.73 bits per heavy atom. The third-order valence-electron chi connectivity index (χ3n) is 3.49. The number of hydrogen-bond acceptors (Lipinski definition) is 5. The summed E-state index contributed by atoms with van der Waals surface area (Å²) in [4.78, 5) is 12.0. The summed E-state index contributed by atoms with van der Waals surface area (Å²) in [5.74, 6) is -0.0542. The quantitative estimate of drug-likeness (QED) is 0.505. The number of esters is 1. The molecular weight excluding hydrogens is 378 g/mol. The summed E-state index contributed by atoms with van der Waals surface area (Å²) in [6.45, 7) is 1.53. The average Bonchev–Trinajstić information content (AvgIpc) is 2.58. The summed E-state index contributed by atoms with van der Waals surface area (Å²) in [6.07, 6.45) is 1.05. The fourth-order valence-electron chi connectivity index (χ4n) is 2.23. The zero-order chi connectivity index (χ0) is 19.2. The Kier molecular flexibility index (Phi) is 6.88. The molecule has 0 aromatic heterocycles. The van der Waals surface area contributed by atoms with Crippen LogP contribution in [0, 0.1) is 6.92 Å². The zero-order valence-electron chi connectivity index (χ0n) is 14.5. The monoisotopic (exact) mass is 397 g/mol. The van der Waals surface area contributed by atoms with Gasteiger partial charge < -0.3 is 9.47 Å². The number of rotatable bonds is 8. The average molecular weight is 398 g/mol. The van der Waals surface area contributed by atoms with Crippen molar-refractivity contribution in [3.05, 3.63) is 59.1 Å². The summed E-state index contributed by atoms with van der Waals surface area (Å²) in [6, 6.07) is 13.7. The van der Waals surface area contributed by atoms with Gasteiger partial charge >= 0.3 is 5.97 Å². The number of carbonyl (C=O) groups is 1. The Morgan fingerprint density at radius 1 is 1.08 bits per heavy atom. The number of ether oxygens (including phenoxy) is 2. The van der Waals surface area contributed by atoms with E-state index >= 15 is 0 Å². The van der Waals surface area contributed by atoms with E-state index in [9.17, 15) is 13.2 Å². The van der Waals surface area contributed by atoms with Gasteiger partial charge in [-0.3, -0.25) is 9.10 Å². The Labute approximate surface area is 158 Å². The van der Waals surface area contributed by atoms with Crippen molar-refractivity contribution in [1.82, 2.24) is 0 Å². The molecule has 0 atom stereocenters. The second kappa shape index (κ2) is 8.91. The summed E-state index contributed by atoms with van der Waals surface area (Å²) in [5, 5.41) is 0.598. The van der Waals surface area contributed by atoms with Crippen molar-refractivity contribution in [3.63, 3.8) is 0 Å². The molecule has 2 aromatic rings. The van der Waals surface area contributed by atoms with Gasteiger partial charge in [0, 0.05) is 5.02 Å². The van der Waals surface area contributed by atoms with Crippen LogP contribution >= 0.6 is 11.6 Å². The lowest BCUT2D eigenvalue weighted by atomic mass is 10.2. The second-order valence-electron chi connectivity index (χ2n) is 5.58. The summed E-state index contributed by atoms with van der Waals surface area (Å²) >= 11 is 5.78. The largest absolute Gasteiger partial charge is 0.490 e. The fraction of sp³-hybridized carbons (Fsp3) is 0.278. The van der Waals surface area contributed by atoms with Gasteiger partial charge in [-0.2, -0.15) is 0 Å². The van der Waals surface area contributed by atoms with Gasteiger partial charge in [-0.15, -0.1) is 0 Å². The molecule has 0 aliphatic heterocycles. The van der Waals surface area contributed by atoms with Crippen LogP contribution in [0.5, 0.6) is 5.75 Å². The second-order valence-corrected chi connectivity index (χ2v) is 7.92. The first-order valence-corrected chi connectivity index (χ1v) is 10.1. The van der Waals surface area contributed by atoms with E-state index in [1.54, 1.807) is 55.5 Å². The maximum atomic E-state index is 12.0. The highest BCUT2D eigenvalue weighted by atomic mass is 35.5. The standard InChI is InChI=1S/C18H20ClNO5S/c1-14-5-3-4-6-17(14)20(26(2,22)23)13-18(21)25-12-11-24-16-9-7-15(19)8-10-16/h3-10H,11-13H2,1-2H3. The number of benzene rings is 2. The Bertz CT molecular complexity index is 852. The number of carbonyl (C=O) groups excluding carboxylic acids is 1. The molecule has 0 bridgehead atoms. The molecule has 0 aliphatic rings. The van der Waals surface area contributed by atoms with Crippen LogP contribution in [0.15, 0.2) is 48.5 Å². The molecule has 0 fully saturated rings. The molecule has 0 heterocycles. The predicted octanol–water partition coefficient (Wildman–Crippen LogP) is 3.04. The number of sulfonamides is 1. The highest BCUT2D eigenvalue weighted by Gasteiger charge is 2.22. The van der Waals surface area contributed by atoms with E-state index in [1.165, 1.54) is 0 Å². The Balaban J connectivity index is 1.89. The van der Waals surface area contributed by atoms with E-state index in [1.807, 2.05) is 0 Å². The SMILES string of the molecule is Cc1ccccc1N(CC(=O)OCCOc1ccc(Cl)cc1)S(C)(=O)=O. The zero-order valence-corrected chi connectivity index (χ0v) is 16.1. The molecule has 26 heavy (non-hydrogen) atoms. The number of hydrogen-bond donors (Lipinski definition) is 0. The van der Waals surface area contributed by atoms with Crippen LogP contribution in [0.1, 0.15) is 5.56 Å². The minimum absolute atomic E-state index is 0.00678. The van der Waals surface area contributed by atoms with Crippen LogP contribution in [0.2, 0.25) is 5.02 Å². The molecular formula is C18H20ClNO5S. The van der Waals surface area contributed by atoms with E-state index in [0.29, 0.717) is 16.5 Å². The van der Waals surface area contributed by atoms with Crippen molar-refractivity contribution in [3.8, 4) is 5.75 Å². The van der Waals surface area contributed by atoms with Crippen molar-refractivity contribution in [1.29, 1.82) is 0 Å². The van der Waals surface area contributed by atoms with Crippen LogP contribution in [0.4, 0.5) is 5.69 Å². The van der Waals surface area contributed by atoms with Gasteiger partial charge in [0.05, 0.1) is 11.9 Å². The fourth-order valence-corrected chi connectivity index (χ4v) is 3.26. The minimum Gasteiger partial charge on any atom is -0.490 e. The first-order chi connectivity index (χ1) is 12.3. The van der Waals surface area contributed by atoms with E-state index in [2.05, 4.69) is 0 Å². The highest BCUT2D eigenvalue weighted by molar-refractivity contribution is 7.92. The van der Waals surface area contributed by atoms with Gasteiger partial charge in [0.1, 0.15) is 25.5 Å². The van der Waals surface area contributed by atoms with Crippen LogP contribution in [0.25, 0.3) is 0 Å². The number of nitrogens with zero attached hydrogens (tertiary/aromatic N) is 1. The smallest absolute Gasteiger partial charge is 0.326 e. The van der Waals surface area contributed by atoms with Crippen molar-refractivity contribution in [2.75, 3.05) is 30.3 Å². The van der Waals surface area contributed by atoms with Crippen LogP contribution in [-0.2, 0) is 19.6 Å². The van der Waals surface area contributed by atoms with E-state index in [0.717, 1.165) is 16.1 Å². The number of halogens is 1. The molecule has 140 valence electrons. The van der Waals surface area contributed by atoms with Crippen molar-refractivity contribution < 1.29 is 22.7 Å². The molecule has 0 saturated heterocycles. The van der Waals surface area contributed by atoms with Gasteiger partial charge in [0.25, 0.3) is 0 Å². The Morgan fingerprint density at radius 3 is 2.35 bits per heavy atom.